The van der Waals surface area contributed by atoms with Crippen LogP contribution in [0, 0.1) is 0 Å². The molecule has 1 N–H and O–H groups in total. The highest BCUT2D eigenvalue weighted by atomic mass is 16.4. The molecule has 4 rings (SSSR count). The van der Waals surface area contributed by atoms with Gasteiger partial charge in [0.1, 0.15) is 11.3 Å². The second-order valence-electron chi connectivity index (χ2n) is 7.06. The molecule has 1 heterocycles. The average Bonchev–Trinajstić information content (AvgIpc) is 2.71. The van der Waals surface area contributed by atoms with Crippen molar-refractivity contribution >= 4 is 22.6 Å². The van der Waals surface area contributed by atoms with Crippen molar-refractivity contribution in [1.82, 2.24) is 0 Å². The van der Waals surface area contributed by atoms with E-state index >= 15 is 0 Å². The topological polar surface area (TPSA) is 66.0 Å². The van der Waals surface area contributed by atoms with Crippen molar-refractivity contribution in [3.05, 3.63) is 71.6 Å². The first-order valence-electron chi connectivity index (χ1n) is 9.50. The minimum Gasteiger partial charge on any atom is -0.478 e. The van der Waals surface area contributed by atoms with Gasteiger partial charge in [0.25, 0.3) is 0 Å². The normalized spacial score (nSPS) is 11.9. The Kier molecular flexibility index (Phi) is 4.80. The summed E-state index contributed by atoms with van der Waals surface area (Å²) in [6.45, 7) is 2.66. The lowest BCUT2D eigenvalue weighted by atomic mass is 9.90. The molecule has 0 fully saturated rings. The zero-order chi connectivity index (χ0) is 20.5. The van der Waals surface area contributed by atoms with Gasteiger partial charge in [0, 0.05) is 55.0 Å². The van der Waals surface area contributed by atoms with Crippen LogP contribution in [0.3, 0.4) is 0 Å². The Morgan fingerprint density at radius 3 is 2.55 bits per heavy atom. The number of aromatic carboxylic acids is 1. The van der Waals surface area contributed by atoms with Crippen molar-refractivity contribution in [2.75, 3.05) is 25.5 Å². The van der Waals surface area contributed by atoms with Gasteiger partial charge in [-0.25, -0.2) is 4.79 Å². The Morgan fingerprint density at radius 2 is 1.83 bits per heavy atom. The van der Waals surface area contributed by atoms with E-state index in [9.17, 15) is 9.90 Å². The molecule has 146 valence electrons. The molecule has 1 aliphatic carbocycles. The molecule has 0 saturated carbocycles. The van der Waals surface area contributed by atoms with Gasteiger partial charge in [-0.2, -0.15) is 0 Å². The number of anilines is 1. The van der Waals surface area contributed by atoms with Crippen molar-refractivity contribution in [1.29, 1.82) is 0 Å². The van der Waals surface area contributed by atoms with Crippen LogP contribution in [0.4, 0.5) is 5.69 Å². The Bertz CT molecular complexity index is 1250. The number of fused-ring (bicyclic) bond motifs is 2. The van der Waals surface area contributed by atoms with Crippen LogP contribution in [0.5, 0.6) is 0 Å². The molecule has 0 spiro atoms. The maximum atomic E-state index is 11.9. The molecular formula is C24H22N2O3. The van der Waals surface area contributed by atoms with Gasteiger partial charge in [-0.3, -0.25) is 4.99 Å². The summed E-state index contributed by atoms with van der Waals surface area (Å²) in [5.41, 5.74) is 4.36. The molecule has 5 heteroatoms. The molecule has 0 radical (unpaired) electrons. The van der Waals surface area contributed by atoms with Gasteiger partial charge in [0.05, 0.1) is 10.9 Å². The second kappa shape index (κ2) is 7.43. The number of nitrogens with zero attached hydrogens (tertiary/aromatic N) is 2. The Balaban J connectivity index is 2.16. The van der Waals surface area contributed by atoms with Gasteiger partial charge in [0.2, 0.25) is 0 Å². The summed E-state index contributed by atoms with van der Waals surface area (Å²) < 4.78 is 6.25. The van der Waals surface area contributed by atoms with Crippen molar-refractivity contribution in [3.8, 4) is 22.5 Å². The quantitative estimate of drug-likeness (QED) is 0.507. The molecular weight excluding hydrogens is 364 g/mol. The molecule has 0 unspecified atom stereocenters. The number of carbonyl (C=O) groups is 1. The van der Waals surface area contributed by atoms with Gasteiger partial charge in [-0.1, -0.05) is 18.2 Å². The zero-order valence-corrected chi connectivity index (χ0v) is 16.6. The predicted octanol–water partition coefficient (Wildman–Crippen LogP) is 4.89. The third kappa shape index (κ3) is 3.36. The van der Waals surface area contributed by atoms with Crippen molar-refractivity contribution in [3.63, 3.8) is 0 Å². The van der Waals surface area contributed by atoms with Crippen molar-refractivity contribution < 1.29 is 14.3 Å². The van der Waals surface area contributed by atoms with Crippen molar-refractivity contribution in [2.24, 2.45) is 4.99 Å². The molecule has 5 nitrogen and oxygen atoms in total. The van der Waals surface area contributed by atoms with E-state index in [1.807, 2.05) is 74.4 Å². The number of hydrogen-bond acceptors (Lipinski definition) is 4. The predicted molar refractivity (Wildman–Crippen MR) is 116 cm³/mol. The summed E-state index contributed by atoms with van der Waals surface area (Å²) in [4.78, 5) is 18.4. The fraction of sp³-hybridized carbons (Fsp3) is 0.167. The summed E-state index contributed by atoms with van der Waals surface area (Å²) in [6.07, 6.45) is 0. The minimum atomic E-state index is -0.954. The third-order valence-electron chi connectivity index (χ3n) is 4.97. The monoisotopic (exact) mass is 386 g/mol. The van der Waals surface area contributed by atoms with E-state index in [0.29, 0.717) is 23.5 Å². The van der Waals surface area contributed by atoms with Gasteiger partial charge >= 0.3 is 5.97 Å². The zero-order valence-electron chi connectivity index (χ0n) is 16.6. The van der Waals surface area contributed by atoms with Crippen LogP contribution in [-0.4, -0.2) is 31.7 Å². The largest absolute Gasteiger partial charge is 0.478 e. The first kappa shape index (κ1) is 18.7. The molecule has 2 aliphatic rings. The summed E-state index contributed by atoms with van der Waals surface area (Å²) in [6, 6.07) is 18.9. The SMILES string of the molecule is CC/N=c1\ccc2c(-c3ccccc3C(=O)O)c3ccc(N(C)C)cc3oc-2c1. The number of rotatable bonds is 4. The highest BCUT2D eigenvalue weighted by Crippen LogP contribution is 2.41. The molecule has 0 amide bonds. The van der Waals surface area contributed by atoms with Gasteiger partial charge in [0.15, 0.2) is 0 Å². The Labute approximate surface area is 168 Å². The smallest absolute Gasteiger partial charge is 0.336 e. The van der Waals surface area contributed by atoms with Gasteiger partial charge < -0.3 is 14.4 Å². The van der Waals surface area contributed by atoms with Gasteiger partial charge in [-0.05, 0) is 42.8 Å². The molecule has 29 heavy (non-hydrogen) atoms. The molecule has 2 aromatic carbocycles. The van der Waals surface area contributed by atoms with Crippen LogP contribution in [0.1, 0.15) is 17.3 Å². The van der Waals surface area contributed by atoms with E-state index in [2.05, 4.69) is 4.99 Å². The molecule has 2 aromatic rings. The lowest BCUT2D eigenvalue weighted by Gasteiger charge is -2.19. The minimum absolute atomic E-state index is 0.264. The number of carboxylic acids is 1. The number of benzene rings is 3. The summed E-state index contributed by atoms with van der Waals surface area (Å²) in [5.74, 6) is -0.275. The number of carboxylic acid groups (broad SMARTS) is 1. The van der Waals surface area contributed by atoms with E-state index < -0.39 is 5.97 Å². The molecule has 0 bridgehead atoms. The standard InChI is InChI=1S/C24H22N2O3/c1-4-25-15-9-11-19-21(13-15)29-22-14-16(26(2)3)10-12-20(22)23(19)17-7-5-6-8-18(17)24(27)28/h5-14H,4H2,1-3H3,(H,27,28)/b25-15+. The highest BCUT2D eigenvalue weighted by molar-refractivity contribution is 6.07. The highest BCUT2D eigenvalue weighted by Gasteiger charge is 2.21. The van der Waals surface area contributed by atoms with E-state index in [1.165, 1.54) is 0 Å². The fourth-order valence-electron chi connectivity index (χ4n) is 3.60. The lowest BCUT2D eigenvalue weighted by Crippen LogP contribution is -2.08. The van der Waals surface area contributed by atoms with E-state index in [1.54, 1.807) is 12.1 Å². The van der Waals surface area contributed by atoms with Crippen LogP contribution in [0.25, 0.3) is 33.4 Å². The molecule has 0 atom stereocenters. The van der Waals surface area contributed by atoms with Crippen LogP contribution in [-0.2, 0) is 0 Å². The first-order chi connectivity index (χ1) is 14.0. The summed E-state index contributed by atoms with van der Waals surface area (Å²) >= 11 is 0. The number of hydrogen-bond donors (Lipinski definition) is 1. The fourth-order valence-corrected chi connectivity index (χ4v) is 3.60. The maximum absolute atomic E-state index is 11.9. The van der Waals surface area contributed by atoms with Crippen molar-refractivity contribution in [2.45, 2.75) is 6.92 Å². The molecule has 0 aromatic heterocycles. The van der Waals surface area contributed by atoms with Crippen LogP contribution < -0.4 is 10.3 Å². The van der Waals surface area contributed by atoms with E-state index in [4.69, 9.17) is 4.42 Å². The van der Waals surface area contributed by atoms with Crippen LogP contribution in [0.2, 0.25) is 0 Å². The maximum Gasteiger partial charge on any atom is 0.336 e. The van der Waals surface area contributed by atoms with Crippen LogP contribution in [0.15, 0.2) is 70.1 Å². The average molecular weight is 386 g/mol. The molecule has 1 aliphatic heterocycles. The summed E-state index contributed by atoms with van der Waals surface area (Å²) in [5, 5.41) is 11.5. The van der Waals surface area contributed by atoms with Gasteiger partial charge in [-0.15, -0.1) is 0 Å². The van der Waals surface area contributed by atoms with E-state index in [-0.39, 0.29) is 5.56 Å². The Hall–Kier alpha value is -3.60. The second-order valence-corrected chi connectivity index (χ2v) is 7.06. The first-order valence-corrected chi connectivity index (χ1v) is 9.50. The van der Waals surface area contributed by atoms with E-state index in [0.717, 1.165) is 27.6 Å². The molecule has 0 saturated heterocycles. The Morgan fingerprint density at radius 1 is 1.03 bits per heavy atom. The summed E-state index contributed by atoms with van der Waals surface area (Å²) in [7, 11) is 3.95. The lowest BCUT2D eigenvalue weighted by molar-refractivity contribution is 0.0697. The van der Waals surface area contributed by atoms with Crippen LogP contribution >= 0.6 is 0 Å². The third-order valence-corrected chi connectivity index (χ3v) is 4.97.